The van der Waals surface area contributed by atoms with Gasteiger partial charge in [0.15, 0.2) is 5.78 Å². The molecule has 1 amide bonds. The molecule has 27 heavy (non-hydrogen) atoms. The first-order valence-electron chi connectivity index (χ1n) is 10.2. The van der Waals surface area contributed by atoms with Crippen molar-refractivity contribution in [3.8, 4) is 0 Å². The third-order valence-electron chi connectivity index (χ3n) is 6.21. The van der Waals surface area contributed by atoms with Gasteiger partial charge in [-0.3, -0.25) is 14.5 Å². The number of para-hydroxylation sites is 1. The summed E-state index contributed by atoms with van der Waals surface area (Å²) < 4.78 is 2.02. The Morgan fingerprint density at radius 1 is 1.11 bits per heavy atom. The first-order chi connectivity index (χ1) is 13.1. The van der Waals surface area contributed by atoms with Crippen molar-refractivity contribution in [2.75, 3.05) is 26.2 Å². The fourth-order valence-corrected chi connectivity index (χ4v) is 4.59. The Morgan fingerprint density at radius 2 is 1.81 bits per heavy atom. The number of benzene rings is 1. The number of likely N-dealkylation sites (tertiary alicyclic amines) is 2. The molecule has 0 radical (unpaired) electrons. The molecule has 4 rings (SSSR count). The highest BCUT2D eigenvalue weighted by molar-refractivity contribution is 6.07. The zero-order valence-electron chi connectivity index (χ0n) is 16.4. The van der Waals surface area contributed by atoms with Gasteiger partial charge < -0.3 is 9.47 Å². The average molecular weight is 367 g/mol. The smallest absolute Gasteiger partial charge is 0.245 e. The molecular weight excluding hydrogens is 338 g/mol. The summed E-state index contributed by atoms with van der Waals surface area (Å²) >= 11 is 0. The molecule has 2 fully saturated rings. The molecule has 0 spiro atoms. The molecule has 2 aliphatic rings. The number of carbonyl (C=O) groups is 2. The summed E-state index contributed by atoms with van der Waals surface area (Å²) in [7, 11) is 0. The Bertz CT molecular complexity index is 844. The van der Waals surface area contributed by atoms with Crippen LogP contribution in [0.3, 0.4) is 0 Å². The second kappa shape index (κ2) is 7.47. The van der Waals surface area contributed by atoms with Gasteiger partial charge in [-0.05, 0) is 45.3 Å². The fraction of sp³-hybridized carbons (Fsp3) is 0.545. The van der Waals surface area contributed by atoms with E-state index in [-0.39, 0.29) is 17.7 Å². The maximum atomic E-state index is 13.2. The van der Waals surface area contributed by atoms with E-state index in [0.29, 0.717) is 11.6 Å². The molecule has 1 aromatic carbocycles. The molecule has 0 saturated carbocycles. The lowest BCUT2D eigenvalue weighted by molar-refractivity contribution is -0.142. The Balaban J connectivity index is 1.53. The zero-order valence-corrected chi connectivity index (χ0v) is 16.4. The Morgan fingerprint density at radius 3 is 2.48 bits per heavy atom. The maximum Gasteiger partial charge on any atom is 0.245 e. The lowest BCUT2D eigenvalue weighted by Crippen LogP contribution is -2.62. The van der Waals surface area contributed by atoms with E-state index in [2.05, 4.69) is 4.90 Å². The number of aromatic nitrogens is 1. The van der Waals surface area contributed by atoms with Gasteiger partial charge in [-0.25, -0.2) is 0 Å². The second-order valence-corrected chi connectivity index (χ2v) is 7.94. The topological polar surface area (TPSA) is 45.6 Å². The molecule has 2 saturated heterocycles. The quantitative estimate of drug-likeness (QED) is 0.760. The van der Waals surface area contributed by atoms with Crippen molar-refractivity contribution >= 4 is 22.6 Å². The number of ketones is 1. The fourth-order valence-electron chi connectivity index (χ4n) is 4.59. The molecule has 144 valence electrons. The zero-order chi connectivity index (χ0) is 19.0. The van der Waals surface area contributed by atoms with Crippen LogP contribution in [0.2, 0.25) is 0 Å². The maximum absolute atomic E-state index is 13.2. The Labute approximate surface area is 160 Å². The van der Waals surface area contributed by atoms with Gasteiger partial charge in [0.1, 0.15) is 6.04 Å². The second-order valence-electron chi connectivity index (χ2n) is 7.94. The third-order valence-corrected chi connectivity index (χ3v) is 6.21. The molecule has 2 aromatic rings. The highest BCUT2D eigenvalue weighted by atomic mass is 16.2. The molecule has 3 heterocycles. The number of Topliss-reactive ketones (excluding diaryl/α,β-unsaturated/α-hetero) is 1. The molecule has 1 aromatic heterocycles. The summed E-state index contributed by atoms with van der Waals surface area (Å²) in [4.78, 5) is 29.8. The van der Waals surface area contributed by atoms with E-state index in [0.717, 1.165) is 30.4 Å². The van der Waals surface area contributed by atoms with Gasteiger partial charge in [0.2, 0.25) is 5.91 Å². The number of fused-ring (bicyclic) bond motifs is 1. The van der Waals surface area contributed by atoms with Gasteiger partial charge in [0.25, 0.3) is 0 Å². The molecular formula is C22H29N3O2. The summed E-state index contributed by atoms with van der Waals surface area (Å²) in [6, 6.07) is 8.17. The third kappa shape index (κ3) is 3.29. The van der Waals surface area contributed by atoms with Crippen LogP contribution in [0.15, 0.2) is 30.5 Å². The van der Waals surface area contributed by atoms with E-state index in [9.17, 15) is 9.59 Å². The van der Waals surface area contributed by atoms with Gasteiger partial charge in [0.05, 0.1) is 0 Å². The Kier molecular flexibility index (Phi) is 5.04. The number of carbonyl (C=O) groups excluding carboxylic acids is 2. The van der Waals surface area contributed by atoms with Crippen molar-refractivity contribution in [2.45, 2.75) is 51.6 Å². The van der Waals surface area contributed by atoms with Gasteiger partial charge in [-0.1, -0.05) is 31.5 Å². The first-order valence-corrected chi connectivity index (χ1v) is 10.2. The number of hydrogen-bond acceptors (Lipinski definition) is 3. The standard InChI is InChI=1S/C22H29N3O2/c1-3-20(22(27)24-13-17(14-24)23-11-7-4-8-12-23)25-15-19(16(2)26)18-9-5-6-10-21(18)25/h5-6,9-10,15,17,20H,3-4,7-8,11-14H2,1-2H3/t20-/m1/s1. The number of amides is 1. The van der Waals surface area contributed by atoms with Crippen molar-refractivity contribution in [1.82, 2.24) is 14.4 Å². The Hall–Kier alpha value is -2.14. The summed E-state index contributed by atoms with van der Waals surface area (Å²) in [6.45, 7) is 7.67. The van der Waals surface area contributed by atoms with Crippen molar-refractivity contribution in [2.24, 2.45) is 0 Å². The van der Waals surface area contributed by atoms with E-state index in [1.807, 2.05) is 46.9 Å². The summed E-state index contributed by atoms with van der Waals surface area (Å²) in [5, 5.41) is 0.936. The van der Waals surface area contributed by atoms with E-state index in [4.69, 9.17) is 0 Å². The lowest BCUT2D eigenvalue weighted by Gasteiger charge is -2.47. The predicted octanol–water partition coefficient (Wildman–Crippen LogP) is 3.49. The van der Waals surface area contributed by atoms with Crippen LogP contribution in [0.1, 0.15) is 55.9 Å². The van der Waals surface area contributed by atoms with E-state index >= 15 is 0 Å². The predicted molar refractivity (Wildman–Crippen MR) is 107 cm³/mol. The molecule has 5 heteroatoms. The minimum atomic E-state index is -0.245. The molecule has 1 atom stereocenters. The van der Waals surface area contributed by atoms with Gasteiger partial charge >= 0.3 is 0 Å². The lowest BCUT2D eigenvalue weighted by atomic mass is 10.0. The SMILES string of the molecule is CC[C@H](C(=O)N1CC(N2CCCCC2)C1)n1cc(C(C)=O)c2ccccc21. The number of nitrogens with zero attached hydrogens (tertiary/aromatic N) is 3. The molecule has 0 unspecified atom stereocenters. The molecule has 0 N–H and O–H groups in total. The molecule has 5 nitrogen and oxygen atoms in total. The first kappa shape index (κ1) is 18.2. The minimum absolute atomic E-state index is 0.0429. The van der Waals surface area contributed by atoms with Crippen LogP contribution in [0.4, 0.5) is 0 Å². The van der Waals surface area contributed by atoms with Crippen LogP contribution in [0, 0.1) is 0 Å². The van der Waals surface area contributed by atoms with Crippen molar-refractivity contribution in [3.05, 3.63) is 36.0 Å². The molecule has 0 aliphatic carbocycles. The van der Waals surface area contributed by atoms with Crippen LogP contribution < -0.4 is 0 Å². The van der Waals surface area contributed by atoms with Gasteiger partial charge in [-0.15, -0.1) is 0 Å². The molecule has 0 bridgehead atoms. The van der Waals surface area contributed by atoms with Crippen molar-refractivity contribution < 1.29 is 9.59 Å². The van der Waals surface area contributed by atoms with Crippen LogP contribution in [-0.4, -0.2) is 58.3 Å². The average Bonchev–Trinajstić information content (AvgIpc) is 3.02. The number of piperidine rings is 1. The normalized spacial score (nSPS) is 19.9. The van der Waals surface area contributed by atoms with Crippen LogP contribution in [0.5, 0.6) is 0 Å². The highest BCUT2D eigenvalue weighted by Crippen LogP contribution is 2.29. The van der Waals surface area contributed by atoms with E-state index in [1.165, 1.54) is 32.4 Å². The number of rotatable bonds is 5. The summed E-state index contributed by atoms with van der Waals surface area (Å²) in [6.07, 6.45) is 6.50. The van der Waals surface area contributed by atoms with Crippen LogP contribution >= 0.6 is 0 Å². The van der Waals surface area contributed by atoms with Crippen LogP contribution in [0.25, 0.3) is 10.9 Å². The van der Waals surface area contributed by atoms with Crippen molar-refractivity contribution in [1.29, 1.82) is 0 Å². The van der Waals surface area contributed by atoms with Gasteiger partial charge in [-0.2, -0.15) is 0 Å². The van der Waals surface area contributed by atoms with Gasteiger partial charge in [0, 0.05) is 41.8 Å². The van der Waals surface area contributed by atoms with Crippen molar-refractivity contribution in [3.63, 3.8) is 0 Å². The summed E-state index contributed by atoms with van der Waals surface area (Å²) in [5.41, 5.74) is 1.67. The largest absolute Gasteiger partial charge is 0.338 e. The van der Waals surface area contributed by atoms with Crippen LogP contribution in [-0.2, 0) is 4.79 Å². The monoisotopic (exact) mass is 367 g/mol. The minimum Gasteiger partial charge on any atom is -0.338 e. The summed E-state index contributed by atoms with van der Waals surface area (Å²) in [5.74, 6) is 0.225. The number of hydrogen-bond donors (Lipinski definition) is 0. The van der Waals surface area contributed by atoms with E-state index < -0.39 is 0 Å². The molecule has 2 aliphatic heterocycles. The van der Waals surface area contributed by atoms with E-state index in [1.54, 1.807) is 6.92 Å². The highest BCUT2D eigenvalue weighted by Gasteiger charge is 2.38.